The Morgan fingerprint density at radius 3 is 2.48 bits per heavy atom. The van der Waals surface area contributed by atoms with Gasteiger partial charge in [-0.2, -0.15) is 0 Å². The fourth-order valence-electron chi connectivity index (χ4n) is 3.47. The summed E-state index contributed by atoms with van der Waals surface area (Å²) in [5.74, 6) is -1.42. The molecule has 10 heteroatoms. The van der Waals surface area contributed by atoms with Gasteiger partial charge >= 0.3 is 11.7 Å². The fourth-order valence-corrected chi connectivity index (χ4v) is 3.47. The number of H-pyrrole nitrogens is 1. The number of aromatic amines is 1. The van der Waals surface area contributed by atoms with Crippen LogP contribution in [0.3, 0.4) is 0 Å². The Hall–Kier alpha value is -2.46. The summed E-state index contributed by atoms with van der Waals surface area (Å²) >= 11 is 0. The first-order valence-corrected chi connectivity index (χ1v) is 8.69. The number of aliphatic carboxylic acids is 1. The smallest absolute Gasteiger partial charge is 0.328 e. The lowest BCUT2D eigenvalue weighted by molar-refractivity contribution is -0.139. The molecule has 0 bridgehead atoms. The molecule has 1 heterocycles. The highest BCUT2D eigenvalue weighted by Gasteiger charge is 2.39. The van der Waals surface area contributed by atoms with Crippen LogP contribution in [0.15, 0.2) is 21.9 Å². The number of carboxylic acid groups (broad SMARTS) is 1. The van der Waals surface area contributed by atoms with Crippen molar-refractivity contribution in [2.24, 2.45) is 5.41 Å². The van der Waals surface area contributed by atoms with Crippen LogP contribution < -0.4 is 16.6 Å². The van der Waals surface area contributed by atoms with Crippen LogP contribution in [0.25, 0.3) is 0 Å². The standard InChI is InChI=1S/C17H25N3O7/c1-17(2,8-13(23)24)7-12(22)18-9-3-4-10(15(26)14(9)25)20-6-5-11(21)19-16(20)27/h5-6,9-10,14-15,25-26H,3-4,7-8H2,1-2H3,(H,18,22)(H,23,24)(H,19,21,27)/t9-,10-,14-,15-/m1/s1. The summed E-state index contributed by atoms with van der Waals surface area (Å²) in [5.41, 5.74) is -1.99. The van der Waals surface area contributed by atoms with Gasteiger partial charge in [0.15, 0.2) is 0 Å². The van der Waals surface area contributed by atoms with Gasteiger partial charge in [-0.05, 0) is 18.3 Å². The third-order valence-corrected chi connectivity index (χ3v) is 4.75. The molecule has 4 atom stereocenters. The lowest BCUT2D eigenvalue weighted by Gasteiger charge is -2.38. The van der Waals surface area contributed by atoms with Crippen molar-refractivity contribution in [1.29, 1.82) is 0 Å². The van der Waals surface area contributed by atoms with Gasteiger partial charge in [-0.15, -0.1) is 0 Å². The molecule has 1 amide bonds. The highest BCUT2D eigenvalue weighted by atomic mass is 16.4. The molecule has 1 aliphatic rings. The molecular weight excluding hydrogens is 358 g/mol. The third-order valence-electron chi connectivity index (χ3n) is 4.75. The normalized spacial score (nSPS) is 25.8. The van der Waals surface area contributed by atoms with Crippen LogP contribution in [0.2, 0.25) is 0 Å². The molecule has 1 aromatic rings. The van der Waals surface area contributed by atoms with Crippen molar-refractivity contribution in [2.45, 2.75) is 63.8 Å². The van der Waals surface area contributed by atoms with E-state index in [1.54, 1.807) is 13.8 Å². The van der Waals surface area contributed by atoms with E-state index in [1.165, 1.54) is 6.20 Å². The number of nitrogens with zero attached hydrogens (tertiary/aromatic N) is 1. The maximum atomic E-state index is 12.2. The molecule has 5 N–H and O–H groups in total. The molecule has 2 rings (SSSR count). The summed E-state index contributed by atoms with van der Waals surface area (Å²) in [6.45, 7) is 3.32. The Morgan fingerprint density at radius 1 is 1.22 bits per heavy atom. The molecule has 27 heavy (non-hydrogen) atoms. The topological polar surface area (TPSA) is 162 Å². The van der Waals surface area contributed by atoms with Crippen LogP contribution in [-0.4, -0.2) is 55.0 Å². The van der Waals surface area contributed by atoms with Crippen molar-refractivity contribution in [3.8, 4) is 0 Å². The van der Waals surface area contributed by atoms with Crippen LogP contribution in [0.4, 0.5) is 0 Å². The van der Waals surface area contributed by atoms with Crippen molar-refractivity contribution >= 4 is 11.9 Å². The first-order valence-electron chi connectivity index (χ1n) is 8.69. The number of nitrogens with one attached hydrogen (secondary N) is 2. The monoisotopic (exact) mass is 383 g/mol. The number of rotatable bonds is 6. The van der Waals surface area contributed by atoms with Gasteiger partial charge in [-0.25, -0.2) is 4.79 Å². The molecule has 0 spiro atoms. The molecule has 1 saturated carbocycles. The number of carbonyl (C=O) groups is 2. The minimum absolute atomic E-state index is 0.0403. The number of aromatic nitrogens is 2. The molecule has 150 valence electrons. The molecule has 0 aliphatic heterocycles. The summed E-state index contributed by atoms with van der Waals surface area (Å²) in [6, 6.07) is -0.303. The van der Waals surface area contributed by atoms with Gasteiger partial charge in [-0.3, -0.25) is 23.9 Å². The molecule has 10 nitrogen and oxygen atoms in total. The van der Waals surface area contributed by atoms with Gasteiger partial charge in [0, 0.05) is 18.7 Å². The summed E-state index contributed by atoms with van der Waals surface area (Å²) in [5, 5.41) is 32.3. The Bertz CT molecular complexity index is 813. The second kappa shape index (κ2) is 8.05. The van der Waals surface area contributed by atoms with Crippen molar-refractivity contribution in [1.82, 2.24) is 14.9 Å². The molecule has 1 fully saturated rings. The zero-order valence-corrected chi connectivity index (χ0v) is 15.2. The Morgan fingerprint density at radius 2 is 1.89 bits per heavy atom. The van der Waals surface area contributed by atoms with E-state index < -0.39 is 52.8 Å². The summed E-state index contributed by atoms with van der Waals surface area (Å²) < 4.78 is 1.16. The van der Waals surface area contributed by atoms with Crippen LogP contribution in [0.1, 0.15) is 45.6 Å². The Labute approximate surface area is 154 Å². The maximum Gasteiger partial charge on any atom is 0.328 e. The quantitative estimate of drug-likeness (QED) is 0.419. The summed E-state index contributed by atoms with van der Waals surface area (Å²) in [4.78, 5) is 48.2. The maximum absolute atomic E-state index is 12.2. The number of aliphatic hydroxyl groups excluding tert-OH is 2. The van der Waals surface area contributed by atoms with E-state index in [4.69, 9.17) is 5.11 Å². The molecule has 1 aliphatic carbocycles. The average molecular weight is 383 g/mol. The molecule has 0 radical (unpaired) electrons. The number of hydrogen-bond donors (Lipinski definition) is 5. The van der Waals surface area contributed by atoms with Crippen LogP contribution in [0.5, 0.6) is 0 Å². The highest BCUT2D eigenvalue weighted by Crippen LogP contribution is 2.29. The second-order valence-corrected chi connectivity index (χ2v) is 7.73. The lowest BCUT2D eigenvalue weighted by Crippen LogP contribution is -2.55. The molecule has 1 aromatic heterocycles. The van der Waals surface area contributed by atoms with Gasteiger partial charge < -0.3 is 20.6 Å². The van der Waals surface area contributed by atoms with Gasteiger partial charge in [0.25, 0.3) is 5.56 Å². The molecule has 0 saturated heterocycles. The first-order chi connectivity index (χ1) is 12.5. The average Bonchev–Trinajstić information content (AvgIpc) is 2.51. The number of carbonyl (C=O) groups excluding carboxylic acids is 1. The third kappa shape index (κ3) is 5.27. The van der Waals surface area contributed by atoms with Crippen LogP contribution >= 0.6 is 0 Å². The van der Waals surface area contributed by atoms with Crippen LogP contribution in [-0.2, 0) is 9.59 Å². The number of hydrogen-bond acceptors (Lipinski definition) is 6. The number of carboxylic acids is 1. The van der Waals surface area contributed by atoms with Crippen molar-refractivity contribution in [3.05, 3.63) is 33.1 Å². The van der Waals surface area contributed by atoms with Crippen molar-refractivity contribution in [2.75, 3.05) is 0 Å². The van der Waals surface area contributed by atoms with Gasteiger partial charge in [0.2, 0.25) is 5.91 Å². The minimum Gasteiger partial charge on any atom is -0.481 e. The van der Waals surface area contributed by atoms with Crippen molar-refractivity contribution in [3.63, 3.8) is 0 Å². The summed E-state index contributed by atoms with van der Waals surface area (Å²) in [7, 11) is 0. The van der Waals surface area contributed by atoms with E-state index >= 15 is 0 Å². The lowest BCUT2D eigenvalue weighted by atomic mass is 9.83. The predicted molar refractivity (Wildman–Crippen MR) is 94.2 cm³/mol. The van der Waals surface area contributed by atoms with Gasteiger partial charge in [-0.1, -0.05) is 13.8 Å². The van der Waals surface area contributed by atoms with E-state index in [1.807, 2.05) is 0 Å². The van der Waals surface area contributed by atoms with E-state index in [2.05, 4.69) is 10.3 Å². The number of amides is 1. The van der Waals surface area contributed by atoms with E-state index in [9.17, 15) is 29.4 Å². The molecule has 0 aromatic carbocycles. The van der Waals surface area contributed by atoms with Gasteiger partial charge in [0.05, 0.1) is 18.5 Å². The van der Waals surface area contributed by atoms with Gasteiger partial charge in [0.1, 0.15) is 12.2 Å². The Balaban J connectivity index is 2.03. The predicted octanol–water partition coefficient (Wildman–Crippen LogP) is -1.03. The largest absolute Gasteiger partial charge is 0.481 e. The Kier molecular flexibility index (Phi) is 6.22. The van der Waals surface area contributed by atoms with E-state index in [0.717, 1.165) is 10.6 Å². The SMILES string of the molecule is CC(C)(CC(=O)O)CC(=O)N[C@@H]1CC[C@@H](n2ccc(=O)[nH]c2=O)[C@@H](O)[C@@H]1O. The second-order valence-electron chi connectivity index (χ2n) is 7.73. The zero-order valence-electron chi connectivity index (χ0n) is 15.2. The van der Waals surface area contributed by atoms with Crippen molar-refractivity contribution < 1.29 is 24.9 Å². The van der Waals surface area contributed by atoms with E-state index in [0.29, 0.717) is 12.8 Å². The van der Waals surface area contributed by atoms with E-state index in [-0.39, 0.29) is 12.8 Å². The summed E-state index contributed by atoms with van der Waals surface area (Å²) in [6.07, 6.45) is -0.981. The molecular formula is C17H25N3O7. The van der Waals surface area contributed by atoms with Crippen LogP contribution in [0, 0.1) is 5.41 Å². The zero-order chi connectivity index (χ0) is 20.4. The first kappa shape index (κ1) is 20.8. The molecule has 0 unspecified atom stereocenters. The minimum atomic E-state index is -1.32. The highest BCUT2D eigenvalue weighted by molar-refractivity contribution is 5.78. The number of aliphatic hydroxyl groups is 2. The fraction of sp³-hybridized carbons (Fsp3) is 0.647.